The Labute approximate surface area is 170 Å². The highest BCUT2D eigenvalue weighted by molar-refractivity contribution is 5.80. The SMILES string of the molecule is CCNC(=NCC1(NC(C)c2ccccc2)CCOCC1)NC1CCCCC1. The molecule has 1 unspecified atom stereocenters. The molecule has 1 heterocycles. The topological polar surface area (TPSA) is 57.7 Å². The smallest absolute Gasteiger partial charge is 0.191 e. The molecule has 0 radical (unpaired) electrons. The van der Waals surface area contributed by atoms with Crippen molar-refractivity contribution in [1.82, 2.24) is 16.0 Å². The number of rotatable bonds is 7. The lowest BCUT2D eigenvalue weighted by Gasteiger charge is -2.39. The summed E-state index contributed by atoms with van der Waals surface area (Å²) >= 11 is 0. The quantitative estimate of drug-likeness (QED) is 0.493. The van der Waals surface area contributed by atoms with Crippen LogP contribution in [0.4, 0.5) is 0 Å². The van der Waals surface area contributed by atoms with Gasteiger partial charge >= 0.3 is 0 Å². The van der Waals surface area contributed by atoms with Gasteiger partial charge in [0.25, 0.3) is 0 Å². The lowest BCUT2D eigenvalue weighted by molar-refractivity contribution is 0.0374. The normalized spacial score (nSPS) is 21.9. The highest BCUT2D eigenvalue weighted by Crippen LogP contribution is 2.26. The Morgan fingerprint density at radius 3 is 2.54 bits per heavy atom. The minimum absolute atomic E-state index is 0.0115. The number of guanidine groups is 1. The summed E-state index contributed by atoms with van der Waals surface area (Å²) in [4.78, 5) is 5.03. The summed E-state index contributed by atoms with van der Waals surface area (Å²) in [5, 5.41) is 11.0. The summed E-state index contributed by atoms with van der Waals surface area (Å²) < 4.78 is 5.67. The van der Waals surface area contributed by atoms with Crippen molar-refractivity contribution < 1.29 is 4.74 Å². The van der Waals surface area contributed by atoms with Gasteiger partial charge in [0.1, 0.15) is 0 Å². The second-order valence-electron chi connectivity index (χ2n) is 8.34. The lowest BCUT2D eigenvalue weighted by Crippen LogP contribution is -2.53. The predicted molar refractivity (Wildman–Crippen MR) is 117 cm³/mol. The van der Waals surface area contributed by atoms with E-state index in [0.717, 1.165) is 45.1 Å². The molecule has 28 heavy (non-hydrogen) atoms. The zero-order chi connectivity index (χ0) is 19.7. The van der Waals surface area contributed by atoms with Gasteiger partial charge in [0, 0.05) is 37.4 Å². The van der Waals surface area contributed by atoms with E-state index >= 15 is 0 Å². The average molecular weight is 387 g/mol. The molecule has 2 fully saturated rings. The van der Waals surface area contributed by atoms with Crippen molar-refractivity contribution in [2.24, 2.45) is 4.99 Å². The second-order valence-corrected chi connectivity index (χ2v) is 8.34. The molecule has 1 aromatic carbocycles. The van der Waals surface area contributed by atoms with Crippen molar-refractivity contribution in [3.8, 4) is 0 Å². The fourth-order valence-electron chi connectivity index (χ4n) is 4.39. The van der Waals surface area contributed by atoms with Crippen LogP contribution in [-0.4, -0.2) is 43.8 Å². The standard InChI is InChI=1S/C23H38N4O/c1-3-24-22(26-21-12-8-5-9-13-21)25-18-23(14-16-28-17-15-23)27-19(2)20-10-6-4-7-11-20/h4,6-7,10-11,19,21,27H,3,5,8-9,12-18H2,1-2H3,(H2,24,25,26). The minimum Gasteiger partial charge on any atom is -0.381 e. The monoisotopic (exact) mass is 386 g/mol. The number of benzene rings is 1. The minimum atomic E-state index is -0.0115. The van der Waals surface area contributed by atoms with Crippen molar-refractivity contribution >= 4 is 5.96 Å². The Hall–Kier alpha value is -1.59. The van der Waals surface area contributed by atoms with E-state index in [-0.39, 0.29) is 5.54 Å². The third-order valence-corrected chi connectivity index (χ3v) is 6.10. The number of hydrogen-bond acceptors (Lipinski definition) is 3. The zero-order valence-corrected chi connectivity index (χ0v) is 17.7. The van der Waals surface area contributed by atoms with Gasteiger partial charge in [0.15, 0.2) is 5.96 Å². The molecule has 1 aromatic rings. The fourth-order valence-corrected chi connectivity index (χ4v) is 4.39. The molecule has 5 heteroatoms. The molecule has 1 aliphatic carbocycles. The van der Waals surface area contributed by atoms with Gasteiger partial charge in [0.05, 0.1) is 6.54 Å². The Bertz CT molecular complexity index is 592. The van der Waals surface area contributed by atoms with Gasteiger partial charge < -0.3 is 20.7 Å². The molecule has 1 atom stereocenters. The number of ether oxygens (including phenoxy) is 1. The molecule has 1 saturated heterocycles. The van der Waals surface area contributed by atoms with Crippen molar-refractivity contribution in [3.63, 3.8) is 0 Å². The summed E-state index contributed by atoms with van der Waals surface area (Å²) in [6.45, 7) is 7.66. The van der Waals surface area contributed by atoms with Gasteiger partial charge in [-0.05, 0) is 45.1 Å². The van der Waals surface area contributed by atoms with E-state index in [1.54, 1.807) is 0 Å². The summed E-state index contributed by atoms with van der Waals surface area (Å²) in [5.41, 5.74) is 1.31. The predicted octanol–water partition coefficient (Wildman–Crippen LogP) is 3.77. The summed E-state index contributed by atoms with van der Waals surface area (Å²) in [6.07, 6.45) is 8.53. The highest BCUT2D eigenvalue weighted by atomic mass is 16.5. The molecule has 5 nitrogen and oxygen atoms in total. The number of nitrogens with one attached hydrogen (secondary N) is 3. The van der Waals surface area contributed by atoms with Crippen molar-refractivity contribution in [2.45, 2.75) is 76.4 Å². The molecule has 2 aliphatic rings. The first kappa shape index (κ1) is 21.1. The first-order chi connectivity index (χ1) is 13.7. The van der Waals surface area contributed by atoms with Crippen LogP contribution in [0.1, 0.15) is 70.4 Å². The van der Waals surface area contributed by atoms with Crippen LogP contribution in [0.3, 0.4) is 0 Å². The molecule has 1 saturated carbocycles. The molecular weight excluding hydrogens is 348 g/mol. The van der Waals surface area contributed by atoms with E-state index in [1.807, 2.05) is 0 Å². The molecule has 0 aromatic heterocycles. The molecular formula is C23H38N4O. The van der Waals surface area contributed by atoms with Crippen molar-refractivity contribution in [2.75, 3.05) is 26.3 Å². The van der Waals surface area contributed by atoms with Gasteiger partial charge in [-0.3, -0.25) is 4.99 Å². The first-order valence-corrected chi connectivity index (χ1v) is 11.2. The van der Waals surface area contributed by atoms with Gasteiger partial charge in [0.2, 0.25) is 0 Å². The maximum absolute atomic E-state index is 5.67. The van der Waals surface area contributed by atoms with Crippen LogP contribution < -0.4 is 16.0 Å². The van der Waals surface area contributed by atoms with Crippen molar-refractivity contribution in [3.05, 3.63) is 35.9 Å². The molecule has 0 bridgehead atoms. The molecule has 3 rings (SSSR count). The maximum Gasteiger partial charge on any atom is 0.191 e. The van der Waals surface area contributed by atoms with Crippen LogP contribution in [-0.2, 0) is 4.74 Å². The fraction of sp³-hybridized carbons (Fsp3) is 0.696. The molecule has 1 aliphatic heterocycles. The Kier molecular flexibility index (Phi) is 8.16. The summed E-state index contributed by atoms with van der Waals surface area (Å²) in [5.74, 6) is 0.967. The van der Waals surface area contributed by atoms with E-state index in [9.17, 15) is 0 Å². The Morgan fingerprint density at radius 1 is 1.14 bits per heavy atom. The Balaban J connectivity index is 1.67. The molecule has 0 amide bonds. The van der Waals surface area contributed by atoms with E-state index in [0.29, 0.717) is 12.1 Å². The van der Waals surface area contributed by atoms with Gasteiger partial charge in [-0.15, -0.1) is 0 Å². The largest absolute Gasteiger partial charge is 0.381 e. The molecule has 0 spiro atoms. The Morgan fingerprint density at radius 2 is 1.86 bits per heavy atom. The van der Waals surface area contributed by atoms with Crippen LogP contribution in [0.25, 0.3) is 0 Å². The number of aliphatic imine (C=N–C) groups is 1. The van der Waals surface area contributed by atoms with Gasteiger partial charge in [-0.25, -0.2) is 0 Å². The number of hydrogen-bond donors (Lipinski definition) is 3. The second kappa shape index (κ2) is 10.8. The van der Waals surface area contributed by atoms with Crippen LogP contribution in [0.2, 0.25) is 0 Å². The third-order valence-electron chi connectivity index (χ3n) is 6.10. The van der Waals surface area contributed by atoms with Crippen LogP contribution in [0.15, 0.2) is 35.3 Å². The third kappa shape index (κ3) is 6.21. The summed E-state index contributed by atoms with van der Waals surface area (Å²) in [7, 11) is 0. The summed E-state index contributed by atoms with van der Waals surface area (Å²) in [6, 6.07) is 11.5. The molecule has 156 valence electrons. The average Bonchev–Trinajstić information content (AvgIpc) is 2.74. The highest BCUT2D eigenvalue weighted by Gasteiger charge is 2.34. The van der Waals surface area contributed by atoms with E-state index < -0.39 is 0 Å². The van der Waals surface area contributed by atoms with E-state index in [2.05, 4.69) is 60.1 Å². The zero-order valence-electron chi connectivity index (χ0n) is 17.7. The van der Waals surface area contributed by atoms with E-state index in [4.69, 9.17) is 9.73 Å². The molecule has 3 N–H and O–H groups in total. The first-order valence-electron chi connectivity index (χ1n) is 11.2. The van der Waals surface area contributed by atoms with Crippen LogP contribution >= 0.6 is 0 Å². The van der Waals surface area contributed by atoms with Gasteiger partial charge in [-0.1, -0.05) is 49.6 Å². The maximum atomic E-state index is 5.67. The van der Waals surface area contributed by atoms with Crippen LogP contribution in [0, 0.1) is 0 Å². The van der Waals surface area contributed by atoms with Crippen LogP contribution in [0.5, 0.6) is 0 Å². The van der Waals surface area contributed by atoms with Crippen molar-refractivity contribution in [1.29, 1.82) is 0 Å². The number of nitrogens with zero attached hydrogens (tertiary/aromatic N) is 1. The van der Waals surface area contributed by atoms with Gasteiger partial charge in [-0.2, -0.15) is 0 Å². The lowest BCUT2D eigenvalue weighted by atomic mass is 9.88. The van der Waals surface area contributed by atoms with E-state index in [1.165, 1.54) is 37.7 Å².